The summed E-state index contributed by atoms with van der Waals surface area (Å²) < 4.78 is 0. The summed E-state index contributed by atoms with van der Waals surface area (Å²) in [6.45, 7) is 7.26. The summed E-state index contributed by atoms with van der Waals surface area (Å²) in [6, 6.07) is 16.0. The van der Waals surface area contributed by atoms with Gasteiger partial charge >= 0.3 is 6.03 Å². The smallest absolute Gasteiger partial charge is 0.326 e. The zero-order valence-electron chi connectivity index (χ0n) is 20.1. The van der Waals surface area contributed by atoms with E-state index in [1.807, 2.05) is 48.5 Å². The lowest BCUT2D eigenvalue weighted by atomic mass is 10.1. The highest BCUT2D eigenvalue weighted by molar-refractivity contribution is 6.05. The van der Waals surface area contributed by atoms with Crippen molar-refractivity contribution in [2.24, 2.45) is 0 Å². The van der Waals surface area contributed by atoms with Crippen LogP contribution in [0.15, 0.2) is 48.5 Å². The van der Waals surface area contributed by atoms with Crippen LogP contribution in [0.25, 0.3) is 12.2 Å². The van der Waals surface area contributed by atoms with Gasteiger partial charge in [-0.1, -0.05) is 68.3 Å². The van der Waals surface area contributed by atoms with Gasteiger partial charge in [-0.05, 0) is 81.5 Å². The summed E-state index contributed by atoms with van der Waals surface area (Å²) in [5.74, 6) is 0. The van der Waals surface area contributed by atoms with Crippen molar-refractivity contribution in [3.05, 3.63) is 59.7 Å². The number of rotatable bonds is 14. The molecule has 0 aromatic heterocycles. The molecule has 0 spiro atoms. The zero-order valence-corrected chi connectivity index (χ0v) is 20.1. The lowest BCUT2D eigenvalue weighted by Gasteiger charge is -2.25. The van der Waals surface area contributed by atoms with Crippen LogP contribution < -0.4 is 20.9 Å². The van der Waals surface area contributed by atoms with E-state index in [1.54, 1.807) is 4.90 Å². The second-order valence-corrected chi connectivity index (χ2v) is 8.64. The van der Waals surface area contributed by atoms with Crippen molar-refractivity contribution in [2.75, 3.05) is 37.6 Å². The molecule has 1 aliphatic rings. The number of carbonyl (C=O) groups excluding carboxylic acids is 1. The predicted molar refractivity (Wildman–Crippen MR) is 141 cm³/mol. The third-order valence-electron chi connectivity index (χ3n) is 5.97. The van der Waals surface area contributed by atoms with Gasteiger partial charge < -0.3 is 16.0 Å². The van der Waals surface area contributed by atoms with Gasteiger partial charge in [-0.15, -0.1) is 0 Å². The third-order valence-corrected chi connectivity index (χ3v) is 5.97. The van der Waals surface area contributed by atoms with Crippen molar-refractivity contribution in [1.29, 1.82) is 0 Å². The Labute approximate surface area is 199 Å². The fraction of sp³-hybridized carbons (Fsp3) is 0.464. The monoisotopic (exact) mass is 448 g/mol. The first-order valence-corrected chi connectivity index (χ1v) is 12.7. The molecule has 5 nitrogen and oxygen atoms in total. The number of benzene rings is 2. The minimum absolute atomic E-state index is 0.0713. The van der Waals surface area contributed by atoms with Crippen LogP contribution in [-0.2, 0) is 0 Å². The van der Waals surface area contributed by atoms with Gasteiger partial charge in [-0.25, -0.2) is 4.79 Å². The lowest BCUT2D eigenvalue weighted by Crippen LogP contribution is -2.38. The number of amides is 2. The van der Waals surface area contributed by atoms with Crippen molar-refractivity contribution in [1.82, 2.24) is 16.0 Å². The van der Waals surface area contributed by atoms with Gasteiger partial charge in [0.05, 0.1) is 11.4 Å². The normalized spacial score (nSPS) is 12.2. The van der Waals surface area contributed by atoms with E-state index in [-0.39, 0.29) is 6.03 Å². The van der Waals surface area contributed by atoms with Crippen LogP contribution >= 0.6 is 0 Å². The maximum absolute atomic E-state index is 13.2. The van der Waals surface area contributed by atoms with Crippen LogP contribution in [-0.4, -0.2) is 38.8 Å². The maximum atomic E-state index is 13.2. The molecule has 0 unspecified atom stereocenters. The molecule has 0 saturated carbocycles. The number of carbonyl (C=O) groups is 1. The summed E-state index contributed by atoms with van der Waals surface area (Å²) in [5, 5.41) is 10.2. The van der Waals surface area contributed by atoms with Gasteiger partial charge in [0, 0.05) is 6.54 Å². The molecular formula is C28H40N4O. The first-order valence-electron chi connectivity index (χ1n) is 12.7. The number of hydrogen-bond acceptors (Lipinski definition) is 3. The Morgan fingerprint density at radius 2 is 1.12 bits per heavy atom. The third kappa shape index (κ3) is 8.02. The Bertz CT molecular complexity index is 830. The predicted octanol–water partition coefficient (Wildman–Crippen LogP) is 5.95. The highest BCUT2D eigenvalue weighted by Gasteiger charge is 2.23. The van der Waals surface area contributed by atoms with E-state index in [2.05, 4.69) is 35.0 Å². The number of para-hydroxylation sites is 2. The molecule has 3 rings (SSSR count). The molecule has 0 fully saturated rings. The van der Waals surface area contributed by atoms with Gasteiger partial charge in [-0.3, -0.25) is 4.90 Å². The van der Waals surface area contributed by atoms with E-state index in [4.69, 9.17) is 0 Å². The Kier molecular flexibility index (Phi) is 11.0. The summed E-state index contributed by atoms with van der Waals surface area (Å²) in [7, 11) is 0. The molecule has 0 radical (unpaired) electrons. The molecule has 0 aliphatic carbocycles. The second kappa shape index (κ2) is 14.5. The van der Waals surface area contributed by atoms with Gasteiger partial charge in [-0.2, -0.15) is 0 Å². The quantitative estimate of drug-likeness (QED) is 0.313. The zero-order chi connectivity index (χ0) is 23.1. The van der Waals surface area contributed by atoms with Crippen LogP contribution in [0.2, 0.25) is 0 Å². The summed E-state index contributed by atoms with van der Waals surface area (Å²) in [6.07, 6.45) is 12.5. The maximum Gasteiger partial charge on any atom is 0.326 e. The Balaban J connectivity index is 1.34. The van der Waals surface area contributed by atoms with E-state index in [0.29, 0.717) is 6.54 Å². The minimum atomic E-state index is -0.0713. The summed E-state index contributed by atoms with van der Waals surface area (Å²) >= 11 is 0. The van der Waals surface area contributed by atoms with Crippen LogP contribution in [0.3, 0.4) is 0 Å². The lowest BCUT2D eigenvalue weighted by molar-refractivity contribution is 0.248. The highest BCUT2D eigenvalue weighted by atomic mass is 16.2. The van der Waals surface area contributed by atoms with E-state index in [0.717, 1.165) is 61.5 Å². The fourth-order valence-corrected chi connectivity index (χ4v) is 4.09. The van der Waals surface area contributed by atoms with E-state index < -0.39 is 0 Å². The standard InChI is InChI=1S/C28H40N4O/c1-2-3-8-19-29-20-9-10-21-30-22-11-12-23-31-28(33)32-26-15-6-4-13-24(26)17-18-25-14-5-7-16-27(25)32/h4-7,13-18,29-30H,2-3,8-12,19-23H2,1H3,(H,31,33). The molecule has 2 aromatic carbocycles. The van der Waals surface area contributed by atoms with Crippen LogP contribution in [0, 0.1) is 0 Å². The van der Waals surface area contributed by atoms with Gasteiger partial charge in [0.15, 0.2) is 0 Å². The van der Waals surface area contributed by atoms with Crippen molar-refractivity contribution in [3.8, 4) is 0 Å². The first-order chi connectivity index (χ1) is 16.3. The number of nitrogens with one attached hydrogen (secondary N) is 3. The molecule has 0 bridgehead atoms. The Hall–Kier alpha value is -2.63. The Morgan fingerprint density at radius 1 is 0.667 bits per heavy atom. The average Bonchev–Trinajstić information content (AvgIpc) is 3.01. The molecule has 1 aliphatic heterocycles. The molecule has 0 atom stereocenters. The Morgan fingerprint density at radius 3 is 1.64 bits per heavy atom. The largest absolute Gasteiger partial charge is 0.337 e. The van der Waals surface area contributed by atoms with Gasteiger partial charge in [0.25, 0.3) is 0 Å². The fourth-order valence-electron chi connectivity index (χ4n) is 4.09. The molecule has 1 heterocycles. The molecule has 0 saturated heterocycles. The number of nitrogens with zero attached hydrogens (tertiary/aromatic N) is 1. The van der Waals surface area contributed by atoms with Crippen LogP contribution in [0.4, 0.5) is 16.2 Å². The summed E-state index contributed by atoms with van der Waals surface area (Å²) in [4.78, 5) is 15.0. The van der Waals surface area contributed by atoms with E-state index >= 15 is 0 Å². The second-order valence-electron chi connectivity index (χ2n) is 8.64. The van der Waals surface area contributed by atoms with Crippen molar-refractivity contribution < 1.29 is 4.79 Å². The highest BCUT2D eigenvalue weighted by Crippen LogP contribution is 2.36. The van der Waals surface area contributed by atoms with E-state index in [9.17, 15) is 4.79 Å². The molecule has 2 amide bonds. The molecule has 178 valence electrons. The van der Waals surface area contributed by atoms with Crippen molar-refractivity contribution in [3.63, 3.8) is 0 Å². The number of unbranched alkanes of at least 4 members (excludes halogenated alkanes) is 4. The number of anilines is 2. The van der Waals surface area contributed by atoms with Crippen LogP contribution in [0.1, 0.15) is 63.0 Å². The SMILES string of the molecule is CCCCCNCCCCNCCCCNC(=O)N1c2ccccc2C=Cc2ccccc21. The van der Waals surface area contributed by atoms with Crippen molar-refractivity contribution in [2.45, 2.75) is 51.9 Å². The molecule has 5 heteroatoms. The first kappa shape index (κ1) is 25.0. The topological polar surface area (TPSA) is 56.4 Å². The van der Waals surface area contributed by atoms with Crippen LogP contribution in [0.5, 0.6) is 0 Å². The molecule has 2 aromatic rings. The number of fused-ring (bicyclic) bond motifs is 2. The molecular weight excluding hydrogens is 408 g/mol. The number of urea groups is 1. The average molecular weight is 449 g/mol. The summed E-state index contributed by atoms with van der Waals surface area (Å²) in [5.41, 5.74) is 3.92. The van der Waals surface area contributed by atoms with Gasteiger partial charge in [0.2, 0.25) is 0 Å². The molecule has 3 N–H and O–H groups in total. The van der Waals surface area contributed by atoms with E-state index in [1.165, 1.54) is 32.1 Å². The van der Waals surface area contributed by atoms with Crippen molar-refractivity contribution >= 4 is 29.6 Å². The minimum Gasteiger partial charge on any atom is -0.337 e. The molecule has 33 heavy (non-hydrogen) atoms. The number of hydrogen-bond donors (Lipinski definition) is 3. The van der Waals surface area contributed by atoms with Gasteiger partial charge in [0.1, 0.15) is 0 Å².